The summed E-state index contributed by atoms with van der Waals surface area (Å²) in [7, 11) is 0. The summed E-state index contributed by atoms with van der Waals surface area (Å²) in [6, 6.07) is 4.15. The molecule has 0 bridgehead atoms. The molecule has 0 radical (unpaired) electrons. The highest BCUT2D eigenvalue weighted by molar-refractivity contribution is 5.94. The van der Waals surface area contributed by atoms with Crippen LogP contribution < -0.4 is 27.4 Å². The van der Waals surface area contributed by atoms with E-state index < -0.39 is 72.6 Å². The summed E-state index contributed by atoms with van der Waals surface area (Å²) in [5.74, 6) is -5.75. The summed E-state index contributed by atoms with van der Waals surface area (Å²) in [5, 5.41) is 25.4. The molecular weight excluding hydrogens is 498 g/mol. The molecule has 0 fully saturated rings. The number of hydrogen-bond acceptors (Lipinski definition) is 7. The molecule has 4 atom stereocenters. The van der Waals surface area contributed by atoms with E-state index in [1.807, 2.05) is 44.2 Å². The summed E-state index contributed by atoms with van der Waals surface area (Å²) in [6.45, 7) is 3.65. The first-order chi connectivity index (χ1) is 17.8. The van der Waals surface area contributed by atoms with E-state index in [0.717, 1.165) is 5.56 Å². The Morgan fingerprint density at radius 2 is 1.32 bits per heavy atom. The molecule has 0 spiro atoms. The molecule has 13 heteroatoms. The summed E-state index contributed by atoms with van der Waals surface area (Å²) < 4.78 is 0. The second kappa shape index (κ2) is 16.0. The van der Waals surface area contributed by atoms with Crippen molar-refractivity contribution in [3.8, 4) is 0 Å². The van der Waals surface area contributed by atoms with Gasteiger partial charge in [0.05, 0.1) is 6.04 Å². The van der Waals surface area contributed by atoms with E-state index >= 15 is 0 Å². The fraction of sp³-hybridized carbons (Fsp3) is 0.520. The lowest BCUT2D eigenvalue weighted by molar-refractivity contribution is -0.143. The van der Waals surface area contributed by atoms with E-state index in [-0.39, 0.29) is 31.6 Å². The van der Waals surface area contributed by atoms with Gasteiger partial charge in [0, 0.05) is 12.8 Å². The van der Waals surface area contributed by atoms with Crippen molar-refractivity contribution in [2.75, 3.05) is 0 Å². The summed E-state index contributed by atoms with van der Waals surface area (Å²) in [4.78, 5) is 72.3. The van der Waals surface area contributed by atoms with Crippen LogP contribution in [-0.4, -0.2) is 69.9 Å². The Kier molecular flexibility index (Phi) is 13.5. The van der Waals surface area contributed by atoms with Crippen molar-refractivity contribution in [2.24, 2.45) is 17.4 Å². The maximum Gasteiger partial charge on any atom is 0.326 e. The van der Waals surface area contributed by atoms with Crippen LogP contribution in [0.2, 0.25) is 0 Å². The molecule has 0 aliphatic rings. The molecule has 210 valence electrons. The van der Waals surface area contributed by atoms with Gasteiger partial charge in [-0.2, -0.15) is 0 Å². The quantitative estimate of drug-likeness (QED) is 0.133. The lowest BCUT2D eigenvalue weighted by atomic mass is 10.0. The summed E-state index contributed by atoms with van der Waals surface area (Å²) in [6.07, 6.45) is -1.00. The third-order valence-corrected chi connectivity index (χ3v) is 5.55. The van der Waals surface area contributed by atoms with Crippen molar-refractivity contribution in [2.45, 2.75) is 76.5 Å². The van der Waals surface area contributed by atoms with Crippen LogP contribution in [0.1, 0.15) is 51.5 Å². The molecule has 1 aromatic rings. The van der Waals surface area contributed by atoms with Crippen molar-refractivity contribution in [3.63, 3.8) is 0 Å². The first kappa shape index (κ1) is 32.0. The van der Waals surface area contributed by atoms with E-state index in [1.54, 1.807) is 0 Å². The fourth-order valence-corrected chi connectivity index (χ4v) is 3.57. The molecule has 13 nitrogen and oxygen atoms in total. The predicted octanol–water partition coefficient (Wildman–Crippen LogP) is -0.728. The van der Waals surface area contributed by atoms with Gasteiger partial charge in [0.15, 0.2) is 0 Å². The Morgan fingerprint density at radius 3 is 1.84 bits per heavy atom. The van der Waals surface area contributed by atoms with Crippen molar-refractivity contribution in [1.82, 2.24) is 16.0 Å². The number of rotatable bonds is 17. The number of carboxylic acids is 2. The zero-order chi connectivity index (χ0) is 28.8. The number of primary amides is 1. The molecular formula is C25H37N5O8. The molecule has 0 aliphatic heterocycles. The molecule has 38 heavy (non-hydrogen) atoms. The van der Waals surface area contributed by atoms with E-state index in [1.165, 1.54) is 0 Å². The number of benzene rings is 1. The normalized spacial score (nSPS) is 14.0. The van der Waals surface area contributed by atoms with Crippen molar-refractivity contribution < 1.29 is 39.0 Å². The van der Waals surface area contributed by atoms with Crippen LogP contribution in [0.3, 0.4) is 0 Å². The van der Waals surface area contributed by atoms with Crippen LogP contribution in [0.5, 0.6) is 0 Å². The number of carbonyl (C=O) groups is 6. The predicted molar refractivity (Wildman–Crippen MR) is 136 cm³/mol. The molecule has 0 aromatic heterocycles. The minimum absolute atomic E-state index is 0.0401. The van der Waals surface area contributed by atoms with Gasteiger partial charge < -0.3 is 37.6 Å². The Morgan fingerprint density at radius 1 is 0.789 bits per heavy atom. The summed E-state index contributed by atoms with van der Waals surface area (Å²) >= 11 is 0. The standard InChI is InChI=1S/C25H37N5O8/c1-14(2)12-19(30-22(34)16(26)13-15-6-4-3-5-7-15)24(36)28-17(8-10-20(27)31)23(35)29-18(25(37)38)9-11-21(32)33/h3-7,14,16-19H,8-13,26H2,1-2H3,(H2,27,31)(H,28,36)(H,29,35)(H,30,34)(H,32,33)(H,37,38). The van der Waals surface area contributed by atoms with Crippen LogP contribution in [0.4, 0.5) is 0 Å². The maximum absolute atomic E-state index is 13.1. The number of nitrogens with two attached hydrogens (primary N) is 2. The molecule has 4 amide bonds. The molecule has 0 saturated carbocycles. The van der Waals surface area contributed by atoms with Crippen molar-refractivity contribution in [1.29, 1.82) is 0 Å². The van der Waals surface area contributed by atoms with Crippen LogP contribution >= 0.6 is 0 Å². The molecule has 1 aromatic carbocycles. The fourth-order valence-electron chi connectivity index (χ4n) is 3.57. The minimum atomic E-state index is -1.53. The minimum Gasteiger partial charge on any atom is -0.481 e. The average molecular weight is 536 g/mol. The number of carboxylic acid groups (broad SMARTS) is 2. The van der Waals surface area contributed by atoms with Gasteiger partial charge in [0.1, 0.15) is 18.1 Å². The molecule has 0 aliphatic carbocycles. The number of amides is 4. The molecule has 0 heterocycles. The van der Waals surface area contributed by atoms with Gasteiger partial charge in [-0.05, 0) is 37.2 Å². The highest BCUT2D eigenvalue weighted by Gasteiger charge is 2.31. The molecule has 1 rings (SSSR count). The zero-order valence-electron chi connectivity index (χ0n) is 21.5. The smallest absolute Gasteiger partial charge is 0.326 e. The van der Waals surface area contributed by atoms with Gasteiger partial charge >= 0.3 is 11.9 Å². The summed E-state index contributed by atoms with van der Waals surface area (Å²) in [5.41, 5.74) is 12.0. The molecule has 0 saturated heterocycles. The number of carbonyl (C=O) groups excluding carboxylic acids is 4. The van der Waals surface area contributed by atoms with E-state index in [0.29, 0.717) is 0 Å². The van der Waals surface area contributed by atoms with Crippen LogP contribution in [0.15, 0.2) is 30.3 Å². The Balaban J connectivity index is 2.99. The van der Waals surface area contributed by atoms with Crippen molar-refractivity contribution in [3.05, 3.63) is 35.9 Å². The third kappa shape index (κ3) is 12.3. The third-order valence-electron chi connectivity index (χ3n) is 5.55. The largest absolute Gasteiger partial charge is 0.481 e. The first-order valence-electron chi connectivity index (χ1n) is 12.2. The Hall–Kier alpha value is -4.00. The maximum atomic E-state index is 13.1. The number of hydrogen-bond donors (Lipinski definition) is 7. The Labute approximate surface area is 220 Å². The Bertz CT molecular complexity index is 985. The van der Waals surface area contributed by atoms with Gasteiger partial charge in [0.2, 0.25) is 23.6 Å². The number of nitrogens with one attached hydrogen (secondary N) is 3. The second-order valence-electron chi connectivity index (χ2n) is 9.38. The van der Waals surface area contributed by atoms with Crippen LogP contribution in [0.25, 0.3) is 0 Å². The average Bonchev–Trinajstić information content (AvgIpc) is 2.83. The highest BCUT2D eigenvalue weighted by atomic mass is 16.4. The van der Waals surface area contributed by atoms with Crippen LogP contribution in [0, 0.1) is 5.92 Å². The monoisotopic (exact) mass is 535 g/mol. The van der Waals surface area contributed by atoms with Gasteiger partial charge in [-0.3, -0.25) is 24.0 Å². The van der Waals surface area contributed by atoms with E-state index in [9.17, 15) is 33.9 Å². The van der Waals surface area contributed by atoms with Gasteiger partial charge in [-0.1, -0.05) is 44.2 Å². The molecule has 9 N–H and O–H groups in total. The van der Waals surface area contributed by atoms with Gasteiger partial charge in [-0.15, -0.1) is 0 Å². The topological polar surface area (TPSA) is 231 Å². The lowest BCUT2D eigenvalue weighted by Crippen LogP contribution is -2.57. The van der Waals surface area contributed by atoms with Crippen LogP contribution in [-0.2, 0) is 35.2 Å². The van der Waals surface area contributed by atoms with Crippen molar-refractivity contribution >= 4 is 35.6 Å². The highest BCUT2D eigenvalue weighted by Crippen LogP contribution is 2.09. The van der Waals surface area contributed by atoms with E-state index in [2.05, 4.69) is 16.0 Å². The first-order valence-corrected chi connectivity index (χ1v) is 12.2. The second-order valence-corrected chi connectivity index (χ2v) is 9.38. The lowest BCUT2D eigenvalue weighted by Gasteiger charge is -2.26. The number of aliphatic carboxylic acids is 2. The molecule has 4 unspecified atom stereocenters. The van der Waals surface area contributed by atoms with E-state index in [4.69, 9.17) is 16.6 Å². The van der Waals surface area contributed by atoms with Gasteiger partial charge in [0.25, 0.3) is 0 Å². The zero-order valence-corrected chi connectivity index (χ0v) is 21.5. The van der Waals surface area contributed by atoms with Gasteiger partial charge in [-0.25, -0.2) is 4.79 Å². The SMILES string of the molecule is CC(C)CC(NC(=O)C(N)Cc1ccccc1)C(=O)NC(CCC(N)=O)C(=O)NC(CCC(=O)O)C(=O)O.